The first kappa shape index (κ1) is 21.2. The molecule has 6 nitrogen and oxygen atoms in total. The fraction of sp³-hybridized carbons (Fsp3) is 0.154. The molecular weight excluding hydrogens is 402 g/mol. The van der Waals surface area contributed by atoms with Gasteiger partial charge in [-0.1, -0.05) is 45.0 Å². The Bertz CT molecular complexity index is 1330. The summed E-state index contributed by atoms with van der Waals surface area (Å²) in [7, 11) is 0. The van der Waals surface area contributed by atoms with Crippen molar-refractivity contribution >= 4 is 34.8 Å². The summed E-state index contributed by atoms with van der Waals surface area (Å²) in [5.41, 5.74) is 4.98. The average Bonchev–Trinajstić information content (AvgIpc) is 3.20. The van der Waals surface area contributed by atoms with Crippen molar-refractivity contribution in [2.45, 2.75) is 26.2 Å². The SMILES string of the molecule is CC(C)(C)c1ccc(-c2nc3cc(N=CC=Cc4ccccc4[N+](=O)[O-])ccc3o2)cc1. The van der Waals surface area contributed by atoms with Gasteiger partial charge in [0.25, 0.3) is 5.69 Å². The van der Waals surface area contributed by atoms with Gasteiger partial charge >= 0.3 is 0 Å². The molecule has 160 valence electrons. The highest BCUT2D eigenvalue weighted by molar-refractivity contribution is 5.84. The summed E-state index contributed by atoms with van der Waals surface area (Å²) in [6.07, 6.45) is 4.94. The summed E-state index contributed by atoms with van der Waals surface area (Å²) in [6, 6.07) is 20.4. The second-order valence-corrected chi connectivity index (χ2v) is 8.45. The predicted molar refractivity (Wildman–Crippen MR) is 128 cm³/mol. The van der Waals surface area contributed by atoms with Gasteiger partial charge in [0.05, 0.1) is 16.2 Å². The zero-order valence-corrected chi connectivity index (χ0v) is 18.1. The lowest BCUT2D eigenvalue weighted by Gasteiger charge is -2.18. The Morgan fingerprint density at radius 3 is 2.50 bits per heavy atom. The molecule has 1 aromatic heterocycles. The Morgan fingerprint density at radius 2 is 1.78 bits per heavy atom. The zero-order valence-electron chi connectivity index (χ0n) is 18.1. The number of nitro benzene ring substituents is 1. The molecule has 4 aromatic rings. The average molecular weight is 425 g/mol. The third-order valence-corrected chi connectivity index (χ3v) is 5.09. The van der Waals surface area contributed by atoms with Crippen LogP contribution in [0.4, 0.5) is 11.4 Å². The molecule has 0 aliphatic heterocycles. The van der Waals surface area contributed by atoms with Crippen LogP contribution in [0.3, 0.4) is 0 Å². The maximum absolute atomic E-state index is 11.1. The van der Waals surface area contributed by atoms with Crippen molar-refractivity contribution in [3.05, 3.63) is 94.0 Å². The summed E-state index contributed by atoms with van der Waals surface area (Å²) in [5.74, 6) is 0.567. The van der Waals surface area contributed by atoms with Gasteiger partial charge in [-0.2, -0.15) is 0 Å². The van der Waals surface area contributed by atoms with Crippen LogP contribution in [0.15, 0.2) is 82.2 Å². The smallest absolute Gasteiger partial charge is 0.276 e. The lowest BCUT2D eigenvalue weighted by Crippen LogP contribution is -2.10. The fourth-order valence-corrected chi connectivity index (χ4v) is 3.30. The number of nitro groups is 1. The normalized spacial score (nSPS) is 12.2. The van der Waals surface area contributed by atoms with Gasteiger partial charge in [-0.3, -0.25) is 15.1 Å². The summed E-state index contributed by atoms with van der Waals surface area (Å²) in [5, 5.41) is 11.1. The Labute approximate surface area is 186 Å². The van der Waals surface area contributed by atoms with E-state index in [1.165, 1.54) is 11.6 Å². The second kappa shape index (κ2) is 8.59. The van der Waals surface area contributed by atoms with Crippen LogP contribution in [-0.4, -0.2) is 16.1 Å². The van der Waals surface area contributed by atoms with E-state index in [1.807, 2.05) is 30.3 Å². The van der Waals surface area contributed by atoms with Crippen molar-refractivity contribution < 1.29 is 9.34 Å². The molecule has 0 radical (unpaired) electrons. The van der Waals surface area contributed by atoms with Crippen molar-refractivity contribution in [3.63, 3.8) is 0 Å². The fourth-order valence-electron chi connectivity index (χ4n) is 3.30. The van der Waals surface area contributed by atoms with Crippen LogP contribution in [-0.2, 0) is 5.41 Å². The summed E-state index contributed by atoms with van der Waals surface area (Å²) in [4.78, 5) is 19.7. The van der Waals surface area contributed by atoms with Gasteiger partial charge in [-0.05, 0) is 59.5 Å². The molecule has 4 rings (SSSR count). The van der Waals surface area contributed by atoms with Crippen LogP contribution < -0.4 is 0 Å². The van der Waals surface area contributed by atoms with Crippen LogP contribution in [0.5, 0.6) is 0 Å². The maximum Gasteiger partial charge on any atom is 0.276 e. The molecule has 1 heterocycles. The number of hydrogen-bond acceptors (Lipinski definition) is 5. The van der Waals surface area contributed by atoms with Crippen LogP contribution in [0.2, 0.25) is 0 Å². The number of rotatable bonds is 5. The first-order valence-electron chi connectivity index (χ1n) is 10.3. The van der Waals surface area contributed by atoms with Gasteiger partial charge in [-0.25, -0.2) is 4.98 Å². The van der Waals surface area contributed by atoms with E-state index >= 15 is 0 Å². The molecular formula is C26H23N3O3. The Kier molecular flexibility index (Phi) is 5.69. The number of nitrogens with zero attached hydrogens (tertiary/aromatic N) is 3. The van der Waals surface area contributed by atoms with E-state index in [-0.39, 0.29) is 11.1 Å². The number of oxazole rings is 1. The lowest BCUT2D eigenvalue weighted by molar-refractivity contribution is -0.385. The molecule has 32 heavy (non-hydrogen) atoms. The molecule has 3 aromatic carbocycles. The number of fused-ring (bicyclic) bond motifs is 1. The van der Waals surface area contributed by atoms with Crippen LogP contribution >= 0.6 is 0 Å². The van der Waals surface area contributed by atoms with Crippen molar-refractivity contribution in [2.75, 3.05) is 0 Å². The molecule has 0 atom stereocenters. The lowest BCUT2D eigenvalue weighted by atomic mass is 9.87. The van der Waals surface area contributed by atoms with Gasteiger partial charge < -0.3 is 4.42 Å². The largest absolute Gasteiger partial charge is 0.436 e. The second-order valence-electron chi connectivity index (χ2n) is 8.45. The Morgan fingerprint density at radius 1 is 1.03 bits per heavy atom. The highest BCUT2D eigenvalue weighted by Gasteiger charge is 2.15. The van der Waals surface area contributed by atoms with Gasteiger partial charge in [0.15, 0.2) is 5.58 Å². The highest BCUT2D eigenvalue weighted by atomic mass is 16.6. The summed E-state index contributed by atoms with van der Waals surface area (Å²) >= 11 is 0. The molecule has 0 aliphatic carbocycles. The molecule has 0 saturated carbocycles. The van der Waals surface area contributed by atoms with E-state index in [9.17, 15) is 10.1 Å². The first-order chi connectivity index (χ1) is 15.3. The summed E-state index contributed by atoms with van der Waals surface area (Å²) in [6.45, 7) is 6.54. The number of para-hydroxylation sites is 1. The predicted octanol–water partition coefficient (Wildman–Crippen LogP) is 7.12. The minimum atomic E-state index is -0.399. The molecule has 0 fully saturated rings. The number of aliphatic imine (C=N–C) groups is 1. The maximum atomic E-state index is 11.1. The molecule has 0 spiro atoms. The monoisotopic (exact) mass is 425 g/mol. The standard InChI is InChI=1S/C26H23N3O3/c1-26(2,3)20-12-10-19(11-13-20)25-28-22-17-21(14-15-24(22)32-25)27-16-6-8-18-7-4-5-9-23(18)29(30)31/h4-17H,1-3H3. The van der Waals surface area contributed by atoms with Crippen LogP contribution in [0, 0.1) is 10.1 Å². The number of allylic oxidation sites excluding steroid dienone is 1. The Hall–Kier alpha value is -4.06. The first-order valence-corrected chi connectivity index (χ1v) is 10.3. The molecule has 0 bridgehead atoms. The summed E-state index contributed by atoms with van der Waals surface area (Å²) < 4.78 is 5.91. The highest BCUT2D eigenvalue weighted by Crippen LogP contribution is 2.29. The van der Waals surface area contributed by atoms with Gasteiger partial charge in [0.1, 0.15) is 5.52 Å². The molecule has 0 saturated heterocycles. The molecule has 0 amide bonds. The van der Waals surface area contributed by atoms with Crippen molar-refractivity contribution in [1.82, 2.24) is 4.98 Å². The van der Waals surface area contributed by atoms with Crippen molar-refractivity contribution in [2.24, 2.45) is 4.99 Å². The minimum Gasteiger partial charge on any atom is -0.436 e. The molecule has 0 aliphatic rings. The number of benzene rings is 3. The van der Waals surface area contributed by atoms with E-state index in [2.05, 4.69) is 42.9 Å². The topological polar surface area (TPSA) is 81.5 Å². The van der Waals surface area contributed by atoms with E-state index in [4.69, 9.17) is 4.42 Å². The number of aromatic nitrogens is 1. The third kappa shape index (κ3) is 4.64. The third-order valence-electron chi connectivity index (χ3n) is 5.09. The van der Waals surface area contributed by atoms with E-state index in [0.717, 1.165) is 11.1 Å². The van der Waals surface area contributed by atoms with E-state index in [0.29, 0.717) is 22.7 Å². The molecule has 0 unspecified atom stereocenters. The van der Waals surface area contributed by atoms with E-state index in [1.54, 1.807) is 36.6 Å². The Balaban J connectivity index is 1.53. The van der Waals surface area contributed by atoms with Crippen LogP contribution in [0.1, 0.15) is 31.9 Å². The van der Waals surface area contributed by atoms with Gasteiger partial charge in [0.2, 0.25) is 5.89 Å². The van der Waals surface area contributed by atoms with Crippen LogP contribution in [0.25, 0.3) is 28.6 Å². The van der Waals surface area contributed by atoms with Crippen molar-refractivity contribution in [3.8, 4) is 11.5 Å². The zero-order chi connectivity index (χ0) is 22.7. The van der Waals surface area contributed by atoms with Gasteiger partial charge in [-0.15, -0.1) is 0 Å². The van der Waals surface area contributed by atoms with Crippen molar-refractivity contribution in [1.29, 1.82) is 0 Å². The minimum absolute atomic E-state index is 0.0595. The van der Waals surface area contributed by atoms with Gasteiger partial charge in [0, 0.05) is 17.8 Å². The molecule has 0 N–H and O–H groups in total. The quantitative estimate of drug-likeness (QED) is 0.194. The molecule has 6 heteroatoms. The van der Waals surface area contributed by atoms with E-state index < -0.39 is 4.92 Å². The number of hydrogen-bond donors (Lipinski definition) is 0.